The van der Waals surface area contributed by atoms with E-state index in [-0.39, 0.29) is 0 Å². The minimum Gasteiger partial charge on any atom is -0.309 e. The average molecular weight is 727 g/mol. The van der Waals surface area contributed by atoms with E-state index in [2.05, 4.69) is 174 Å². The highest BCUT2D eigenvalue weighted by atomic mass is 15.0. The maximum Gasteiger partial charge on any atom is 0.160 e. The lowest BCUT2D eigenvalue weighted by Crippen LogP contribution is -1.96. The minimum absolute atomic E-state index is 0.701. The number of hydrogen-bond donors (Lipinski definition) is 0. The highest BCUT2D eigenvalue weighted by Crippen LogP contribution is 2.43. The van der Waals surface area contributed by atoms with Gasteiger partial charge < -0.3 is 4.57 Å². The van der Waals surface area contributed by atoms with Gasteiger partial charge in [0.25, 0.3) is 0 Å². The smallest absolute Gasteiger partial charge is 0.160 e. The van der Waals surface area contributed by atoms with E-state index in [4.69, 9.17) is 15.0 Å². The van der Waals surface area contributed by atoms with Crippen LogP contribution >= 0.6 is 0 Å². The van der Waals surface area contributed by atoms with Gasteiger partial charge in [-0.15, -0.1) is 0 Å². The fourth-order valence-corrected chi connectivity index (χ4v) is 8.28. The maximum absolute atomic E-state index is 5.24. The number of benzene rings is 8. The van der Waals surface area contributed by atoms with Gasteiger partial charge in [-0.25, -0.2) is 15.0 Å². The molecule has 0 aliphatic carbocycles. The Kier molecular flexibility index (Phi) is 7.78. The van der Waals surface area contributed by atoms with Crippen molar-refractivity contribution in [3.8, 4) is 62.0 Å². The molecule has 11 aromatic rings. The molecule has 8 aromatic carbocycles. The summed E-state index contributed by atoms with van der Waals surface area (Å²) in [6.07, 6.45) is 0. The zero-order valence-electron chi connectivity index (χ0n) is 30.9. The number of hydrogen-bond acceptors (Lipinski definition) is 3. The van der Waals surface area contributed by atoms with Crippen LogP contribution < -0.4 is 0 Å². The molecule has 0 unspecified atom stereocenters. The Bertz CT molecular complexity index is 3190. The van der Waals surface area contributed by atoms with Gasteiger partial charge in [0, 0.05) is 54.9 Å². The van der Waals surface area contributed by atoms with Gasteiger partial charge in [-0.1, -0.05) is 170 Å². The molecule has 0 atom stereocenters. The van der Waals surface area contributed by atoms with Crippen LogP contribution in [0, 0.1) is 0 Å². The van der Waals surface area contributed by atoms with Crippen LogP contribution in [0.5, 0.6) is 0 Å². The highest BCUT2D eigenvalue weighted by molar-refractivity contribution is 6.27. The van der Waals surface area contributed by atoms with Gasteiger partial charge in [0.05, 0.1) is 33.6 Å². The summed E-state index contributed by atoms with van der Waals surface area (Å²) in [4.78, 5) is 15.4. The van der Waals surface area contributed by atoms with Crippen LogP contribution in [-0.2, 0) is 0 Å². The Hall–Kier alpha value is -7.69. The normalized spacial score (nSPS) is 11.5. The molecular weight excluding hydrogens is 693 g/mol. The molecule has 266 valence electrons. The first-order chi connectivity index (χ1) is 28.3. The summed E-state index contributed by atoms with van der Waals surface area (Å²) in [6, 6.07) is 72.6. The van der Waals surface area contributed by atoms with Crippen molar-refractivity contribution in [2.75, 3.05) is 0 Å². The second-order valence-electron chi connectivity index (χ2n) is 14.4. The lowest BCUT2D eigenvalue weighted by molar-refractivity contribution is 1.18. The predicted molar refractivity (Wildman–Crippen MR) is 236 cm³/mol. The Morgan fingerprint density at radius 3 is 1.54 bits per heavy atom. The molecule has 11 rings (SSSR count). The standard InChI is InChI=1S/C53H34N4/c1-5-15-36(16-6-1)47-34-48(37-17-7-2-8-18-37)56-53(55-47)39-27-25-35(26-28-39)40-29-32-49-45(33-40)42-30-31-44-50(52(42)57(49)41-21-11-4-12-22-41)43-23-13-14-24-46(43)54-51(44)38-19-9-3-10-20-38/h1-34H. The van der Waals surface area contributed by atoms with E-state index in [0.29, 0.717) is 5.82 Å². The van der Waals surface area contributed by atoms with Crippen LogP contribution in [0.15, 0.2) is 206 Å². The van der Waals surface area contributed by atoms with Gasteiger partial charge in [-0.3, -0.25) is 0 Å². The van der Waals surface area contributed by atoms with Gasteiger partial charge in [0.1, 0.15) is 0 Å². The molecule has 0 aliphatic rings. The second kappa shape index (κ2) is 13.6. The summed E-state index contributed by atoms with van der Waals surface area (Å²) in [7, 11) is 0. The molecule has 3 aromatic heterocycles. The first-order valence-electron chi connectivity index (χ1n) is 19.3. The Balaban J connectivity index is 1.09. The van der Waals surface area contributed by atoms with Crippen LogP contribution in [0.25, 0.3) is 105 Å². The molecule has 3 heterocycles. The molecular formula is C53H34N4. The molecule has 0 spiro atoms. The van der Waals surface area contributed by atoms with Crippen LogP contribution in [0.2, 0.25) is 0 Å². The number of fused-ring (bicyclic) bond motifs is 7. The minimum atomic E-state index is 0.701. The first-order valence-corrected chi connectivity index (χ1v) is 19.3. The monoisotopic (exact) mass is 726 g/mol. The van der Waals surface area contributed by atoms with Crippen molar-refractivity contribution in [3.63, 3.8) is 0 Å². The second-order valence-corrected chi connectivity index (χ2v) is 14.4. The fraction of sp³-hybridized carbons (Fsp3) is 0. The molecule has 0 amide bonds. The van der Waals surface area contributed by atoms with Crippen molar-refractivity contribution < 1.29 is 0 Å². The molecule has 4 nitrogen and oxygen atoms in total. The number of nitrogens with zero attached hydrogens (tertiary/aromatic N) is 4. The molecule has 0 saturated carbocycles. The van der Waals surface area contributed by atoms with E-state index in [1.54, 1.807) is 0 Å². The zero-order chi connectivity index (χ0) is 37.7. The number of para-hydroxylation sites is 2. The lowest BCUT2D eigenvalue weighted by atomic mass is 9.97. The molecule has 0 bridgehead atoms. The van der Waals surface area contributed by atoms with Gasteiger partial charge in [-0.05, 0) is 47.5 Å². The summed E-state index contributed by atoms with van der Waals surface area (Å²) >= 11 is 0. The summed E-state index contributed by atoms with van der Waals surface area (Å²) in [5, 5.41) is 5.89. The van der Waals surface area contributed by atoms with Gasteiger partial charge >= 0.3 is 0 Å². The molecule has 0 N–H and O–H groups in total. The van der Waals surface area contributed by atoms with E-state index < -0.39 is 0 Å². The lowest BCUT2D eigenvalue weighted by Gasteiger charge is -2.14. The Morgan fingerprint density at radius 1 is 0.333 bits per heavy atom. The van der Waals surface area contributed by atoms with Crippen LogP contribution in [0.1, 0.15) is 0 Å². The van der Waals surface area contributed by atoms with Crippen LogP contribution in [0.3, 0.4) is 0 Å². The van der Waals surface area contributed by atoms with Crippen LogP contribution in [-0.4, -0.2) is 19.5 Å². The van der Waals surface area contributed by atoms with E-state index in [1.807, 2.05) is 36.4 Å². The van der Waals surface area contributed by atoms with Gasteiger partial charge in [0.15, 0.2) is 5.82 Å². The maximum atomic E-state index is 5.24. The number of rotatable bonds is 6. The van der Waals surface area contributed by atoms with E-state index in [0.717, 1.165) is 78.0 Å². The SMILES string of the molecule is c1ccc(-c2cc(-c3ccccc3)nc(-c3ccc(-c4ccc5c(c4)c4ccc6c(-c7ccccc7)nc7ccccc7c6c4n5-c4ccccc4)cc3)n2)cc1. The largest absolute Gasteiger partial charge is 0.309 e. The van der Waals surface area contributed by atoms with E-state index in [1.165, 1.54) is 21.7 Å². The third-order valence-electron chi connectivity index (χ3n) is 11.0. The summed E-state index contributed by atoms with van der Waals surface area (Å²) in [6.45, 7) is 0. The summed E-state index contributed by atoms with van der Waals surface area (Å²) < 4.78 is 2.43. The van der Waals surface area contributed by atoms with E-state index >= 15 is 0 Å². The number of pyridine rings is 1. The summed E-state index contributed by atoms with van der Waals surface area (Å²) in [5.41, 5.74) is 13.7. The molecule has 0 saturated heterocycles. The first kappa shape index (κ1) is 32.7. The predicted octanol–water partition coefficient (Wildman–Crippen LogP) is 13.6. The third kappa shape index (κ3) is 5.66. The Labute approximate surface area is 330 Å². The van der Waals surface area contributed by atoms with Crippen molar-refractivity contribution in [3.05, 3.63) is 206 Å². The molecule has 0 aliphatic heterocycles. The van der Waals surface area contributed by atoms with Crippen molar-refractivity contribution >= 4 is 43.5 Å². The molecule has 0 radical (unpaired) electrons. The van der Waals surface area contributed by atoms with Crippen molar-refractivity contribution in [2.45, 2.75) is 0 Å². The van der Waals surface area contributed by atoms with Crippen LogP contribution in [0.4, 0.5) is 0 Å². The van der Waals surface area contributed by atoms with Crippen molar-refractivity contribution in [1.29, 1.82) is 0 Å². The topological polar surface area (TPSA) is 43.6 Å². The van der Waals surface area contributed by atoms with Crippen molar-refractivity contribution in [2.24, 2.45) is 0 Å². The van der Waals surface area contributed by atoms with Gasteiger partial charge in [-0.2, -0.15) is 0 Å². The summed E-state index contributed by atoms with van der Waals surface area (Å²) in [5.74, 6) is 0.701. The van der Waals surface area contributed by atoms with E-state index in [9.17, 15) is 0 Å². The highest BCUT2D eigenvalue weighted by Gasteiger charge is 2.20. The molecule has 57 heavy (non-hydrogen) atoms. The zero-order valence-corrected chi connectivity index (χ0v) is 30.9. The van der Waals surface area contributed by atoms with Crippen molar-refractivity contribution in [1.82, 2.24) is 19.5 Å². The molecule has 0 fully saturated rings. The third-order valence-corrected chi connectivity index (χ3v) is 11.0. The average Bonchev–Trinajstić information content (AvgIpc) is 3.63. The molecule has 4 heteroatoms. The number of aromatic nitrogens is 4. The van der Waals surface area contributed by atoms with Gasteiger partial charge in [0.2, 0.25) is 0 Å². The quantitative estimate of drug-likeness (QED) is 0.160. The fourth-order valence-electron chi connectivity index (χ4n) is 8.28. The Morgan fingerprint density at radius 2 is 0.877 bits per heavy atom.